The van der Waals surface area contributed by atoms with Gasteiger partial charge in [0.1, 0.15) is 0 Å². The molecule has 124 valence electrons. The van der Waals surface area contributed by atoms with E-state index in [1.165, 1.54) is 0 Å². The molecule has 2 aromatic rings. The van der Waals surface area contributed by atoms with Gasteiger partial charge in [-0.2, -0.15) is 0 Å². The summed E-state index contributed by atoms with van der Waals surface area (Å²) in [4.78, 5) is 14.4. The van der Waals surface area contributed by atoms with E-state index in [4.69, 9.17) is 16.3 Å². The Hall–Kier alpha value is -1.98. The molecule has 1 aromatic carbocycles. The molecule has 0 aliphatic carbocycles. The van der Waals surface area contributed by atoms with E-state index in [0.717, 1.165) is 12.1 Å². The number of carbonyl (C=O) groups is 1. The highest BCUT2D eigenvalue weighted by Gasteiger charge is 2.15. The molecule has 2 rings (SSSR count). The lowest BCUT2D eigenvalue weighted by atomic mass is 10.3. The smallest absolute Gasteiger partial charge is 0.322 e. The van der Waals surface area contributed by atoms with Crippen LogP contribution in [-0.4, -0.2) is 35.8 Å². The maximum absolute atomic E-state index is 12.6. The van der Waals surface area contributed by atoms with Crippen LogP contribution in [0.15, 0.2) is 42.6 Å². The number of rotatable bonds is 7. The summed E-state index contributed by atoms with van der Waals surface area (Å²) in [6, 6.07) is 11.0. The predicted molar refractivity (Wildman–Crippen MR) is 92.8 cm³/mol. The molecule has 23 heavy (non-hydrogen) atoms. The van der Waals surface area contributed by atoms with E-state index in [1.54, 1.807) is 24.1 Å². The fraction of sp³-hybridized carbons (Fsp3) is 0.353. The molecule has 0 fully saturated rings. The first-order chi connectivity index (χ1) is 11.1. The summed E-state index contributed by atoms with van der Waals surface area (Å²) in [6.45, 7) is 1.78. The number of benzene rings is 1. The summed E-state index contributed by atoms with van der Waals surface area (Å²) in [5.74, 6) is 0. The Morgan fingerprint density at radius 3 is 2.83 bits per heavy atom. The lowest BCUT2D eigenvalue weighted by Crippen LogP contribution is -2.36. The zero-order valence-corrected chi connectivity index (χ0v) is 14.2. The van der Waals surface area contributed by atoms with E-state index in [1.807, 2.05) is 42.1 Å². The topological polar surface area (TPSA) is 46.5 Å². The fourth-order valence-corrected chi connectivity index (χ4v) is 2.47. The minimum atomic E-state index is -0.149. The van der Waals surface area contributed by atoms with Gasteiger partial charge in [0.05, 0.1) is 6.54 Å². The lowest BCUT2D eigenvalue weighted by molar-refractivity contribution is 0.171. The number of aromatic nitrogens is 1. The standard InChI is InChI=1S/C17H22ClN3O2/c1-20-9-4-8-16(20)13-21(10-5-11-23-2)17(22)19-15-7-3-6-14(18)12-15/h3-4,6-9,12H,5,10-11,13H2,1-2H3,(H,19,22). The molecule has 0 atom stereocenters. The summed E-state index contributed by atoms with van der Waals surface area (Å²) in [5, 5.41) is 3.49. The summed E-state index contributed by atoms with van der Waals surface area (Å²) in [6.07, 6.45) is 2.75. The van der Waals surface area contributed by atoms with Crippen LogP contribution in [0.1, 0.15) is 12.1 Å². The van der Waals surface area contributed by atoms with E-state index in [9.17, 15) is 4.79 Å². The molecule has 0 aliphatic rings. The van der Waals surface area contributed by atoms with Crippen LogP contribution in [-0.2, 0) is 18.3 Å². The number of ether oxygens (including phenoxy) is 1. The molecule has 0 unspecified atom stereocenters. The van der Waals surface area contributed by atoms with Gasteiger partial charge in [0.25, 0.3) is 0 Å². The van der Waals surface area contributed by atoms with Gasteiger partial charge in [0.2, 0.25) is 0 Å². The second-order valence-electron chi connectivity index (χ2n) is 5.32. The molecular weight excluding hydrogens is 314 g/mol. The highest BCUT2D eigenvalue weighted by molar-refractivity contribution is 6.30. The van der Waals surface area contributed by atoms with E-state index >= 15 is 0 Å². The van der Waals surface area contributed by atoms with Gasteiger partial charge < -0.3 is 19.5 Å². The van der Waals surface area contributed by atoms with Gasteiger partial charge >= 0.3 is 6.03 Å². The minimum absolute atomic E-state index is 0.149. The first-order valence-electron chi connectivity index (χ1n) is 7.51. The maximum Gasteiger partial charge on any atom is 0.322 e. The van der Waals surface area contributed by atoms with Crippen LogP contribution in [0.25, 0.3) is 0 Å². The number of aryl methyl sites for hydroxylation is 1. The Labute approximate surface area is 141 Å². The number of nitrogens with one attached hydrogen (secondary N) is 1. The number of hydrogen-bond donors (Lipinski definition) is 1. The van der Waals surface area contributed by atoms with E-state index in [0.29, 0.717) is 30.4 Å². The number of methoxy groups -OCH3 is 1. The number of hydrogen-bond acceptors (Lipinski definition) is 2. The van der Waals surface area contributed by atoms with Crippen LogP contribution in [0.4, 0.5) is 10.5 Å². The van der Waals surface area contributed by atoms with Crippen molar-refractivity contribution in [3.63, 3.8) is 0 Å². The van der Waals surface area contributed by atoms with Crippen LogP contribution in [0.3, 0.4) is 0 Å². The number of anilines is 1. The van der Waals surface area contributed by atoms with Crippen LogP contribution < -0.4 is 5.32 Å². The first-order valence-corrected chi connectivity index (χ1v) is 7.88. The van der Waals surface area contributed by atoms with Crippen LogP contribution in [0.5, 0.6) is 0 Å². The molecule has 0 spiro atoms. The fourth-order valence-electron chi connectivity index (χ4n) is 2.28. The van der Waals surface area contributed by atoms with Crippen molar-refractivity contribution in [2.45, 2.75) is 13.0 Å². The van der Waals surface area contributed by atoms with Crippen molar-refractivity contribution in [2.24, 2.45) is 7.05 Å². The van der Waals surface area contributed by atoms with Gasteiger partial charge in [0, 0.05) is 49.9 Å². The Kier molecular flexibility index (Phi) is 6.50. The maximum atomic E-state index is 12.6. The molecule has 0 bridgehead atoms. The number of carbonyl (C=O) groups excluding carboxylic acids is 1. The largest absolute Gasteiger partial charge is 0.385 e. The second kappa shape index (κ2) is 8.60. The molecule has 1 N–H and O–H groups in total. The van der Waals surface area contributed by atoms with Gasteiger partial charge in [-0.15, -0.1) is 0 Å². The van der Waals surface area contributed by atoms with E-state index in [2.05, 4.69) is 5.32 Å². The van der Waals surface area contributed by atoms with Crippen molar-refractivity contribution in [3.8, 4) is 0 Å². The molecule has 1 aromatic heterocycles. The van der Waals surface area contributed by atoms with Gasteiger partial charge in [-0.05, 0) is 36.8 Å². The molecule has 6 heteroatoms. The van der Waals surface area contributed by atoms with Crippen molar-refractivity contribution in [1.29, 1.82) is 0 Å². The van der Waals surface area contributed by atoms with Crippen LogP contribution in [0, 0.1) is 0 Å². The van der Waals surface area contributed by atoms with Crippen molar-refractivity contribution in [1.82, 2.24) is 9.47 Å². The molecular formula is C17H22ClN3O2. The van der Waals surface area contributed by atoms with Gasteiger partial charge in [-0.3, -0.25) is 0 Å². The zero-order valence-electron chi connectivity index (χ0n) is 13.5. The Balaban J connectivity index is 2.05. The van der Waals surface area contributed by atoms with Crippen LogP contribution >= 0.6 is 11.6 Å². The molecule has 0 saturated heterocycles. The third-order valence-corrected chi connectivity index (χ3v) is 3.78. The number of urea groups is 1. The molecule has 1 heterocycles. The predicted octanol–water partition coefficient (Wildman–Crippen LogP) is 3.75. The molecule has 0 aliphatic heterocycles. The molecule has 0 radical (unpaired) electrons. The Morgan fingerprint density at radius 2 is 2.17 bits per heavy atom. The third-order valence-electron chi connectivity index (χ3n) is 3.54. The number of amides is 2. The van der Waals surface area contributed by atoms with Crippen LogP contribution in [0.2, 0.25) is 5.02 Å². The lowest BCUT2D eigenvalue weighted by Gasteiger charge is -2.23. The summed E-state index contributed by atoms with van der Waals surface area (Å²) in [5.41, 5.74) is 1.76. The molecule has 0 saturated carbocycles. The monoisotopic (exact) mass is 335 g/mol. The first kappa shape index (κ1) is 17.4. The number of halogens is 1. The quantitative estimate of drug-likeness (QED) is 0.783. The third kappa shape index (κ3) is 5.30. The van der Waals surface area contributed by atoms with Gasteiger partial charge in [-0.1, -0.05) is 17.7 Å². The highest BCUT2D eigenvalue weighted by atomic mass is 35.5. The average Bonchev–Trinajstić information content (AvgIpc) is 2.91. The van der Waals surface area contributed by atoms with Gasteiger partial charge in [0.15, 0.2) is 0 Å². The summed E-state index contributed by atoms with van der Waals surface area (Å²) in [7, 11) is 3.63. The summed E-state index contributed by atoms with van der Waals surface area (Å²) < 4.78 is 7.09. The van der Waals surface area contributed by atoms with Gasteiger partial charge in [-0.25, -0.2) is 4.79 Å². The minimum Gasteiger partial charge on any atom is -0.385 e. The molecule has 2 amide bonds. The van der Waals surface area contributed by atoms with Crippen molar-refractivity contribution < 1.29 is 9.53 Å². The highest BCUT2D eigenvalue weighted by Crippen LogP contribution is 2.16. The second-order valence-corrected chi connectivity index (χ2v) is 5.76. The number of nitrogens with zero attached hydrogens (tertiary/aromatic N) is 2. The average molecular weight is 336 g/mol. The normalized spacial score (nSPS) is 10.6. The Bertz CT molecular complexity index is 642. The van der Waals surface area contributed by atoms with Crippen molar-refractivity contribution in [2.75, 3.05) is 25.6 Å². The van der Waals surface area contributed by atoms with E-state index in [-0.39, 0.29) is 6.03 Å². The van der Waals surface area contributed by atoms with E-state index < -0.39 is 0 Å². The Morgan fingerprint density at radius 1 is 1.35 bits per heavy atom. The SMILES string of the molecule is COCCCN(Cc1cccn1C)C(=O)Nc1cccc(Cl)c1. The zero-order chi connectivity index (χ0) is 16.7. The van der Waals surface area contributed by atoms with Crippen molar-refractivity contribution in [3.05, 3.63) is 53.3 Å². The summed E-state index contributed by atoms with van der Waals surface area (Å²) >= 11 is 5.96. The van der Waals surface area contributed by atoms with Crippen molar-refractivity contribution >= 4 is 23.3 Å². The molecule has 5 nitrogen and oxygen atoms in total.